The molecular formula is C21H33N5O2. The molecule has 1 saturated carbocycles. The first-order valence-corrected chi connectivity index (χ1v) is 10.9. The number of nitrogens with one attached hydrogen (secondary N) is 2. The zero-order chi connectivity index (χ0) is 19.5. The van der Waals surface area contributed by atoms with Crippen molar-refractivity contribution in [3.8, 4) is 0 Å². The van der Waals surface area contributed by atoms with E-state index in [-0.39, 0.29) is 17.9 Å². The third-order valence-corrected chi connectivity index (χ3v) is 6.12. The summed E-state index contributed by atoms with van der Waals surface area (Å²) in [4.78, 5) is 23.2. The largest absolute Gasteiger partial charge is 0.376 e. The molecule has 1 aromatic rings. The third-order valence-electron chi connectivity index (χ3n) is 6.12. The molecule has 1 amide bonds. The van der Waals surface area contributed by atoms with Crippen molar-refractivity contribution in [3.05, 3.63) is 12.4 Å². The van der Waals surface area contributed by atoms with Gasteiger partial charge in [-0.1, -0.05) is 13.8 Å². The van der Waals surface area contributed by atoms with Crippen LogP contribution in [0, 0.1) is 11.8 Å². The Bertz CT molecular complexity index is 671. The van der Waals surface area contributed by atoms with Crippen LogP contribution in [-0.4, -0.2) is 53.8 Å². The van der Waals surface area contributed by atoms with Crippen molar-refractivity contribution in [2.24, 2.45) is 11.8 Å². The monoisotopic (exact) mass is 387 g/mol. The number of hydrogen-bond donors (Lipinski definition) is 2. The Morgan fingerprint density at radius 2 is 1.96 bits per heavy atom. The SMILES string of the molecule is CC(C)[C@H]1OCCC[C@@H]1Nc1cc(N2CCC(NC(=O)C3CC3)CC2)ncn1. The lowest BCUT2D eigenvalue weighted by Crippen LogP contribution is -2.45. The molecule has 2 atom stereocenters. The summed E-state index contributed by atoms with van der Waals surface area (Å²) in [7, 11) is 0. The number of carbonyl (C=O) groups excluding carboxylic acids is 1. The van der Waals surface area contributed by atoms with Crippen LogP contribution in [0.4, 0.5) is 11.6 Å². The Hall–Kier alpha value is -1.89. The van der Waals surface area contributed by atoms with Crippen LogP contribution in [0.2, 0.25) is 0 Å². The highest BCUT2D eigenvalue weighted by atomic mass is 16.5. The molecule has 3 aliphatic rings. The van der Waals surface area contributed by atoms with Crippen LogP contribution >= 0.6 is 0 Å². The van der Waals surface area contributed by atoms with E-state index in [0.29, 0.717) is 18.0 Å². The van der Waals surface area contributed by atoms with E-state index in [4.69, 9.17) is 4.74 Å². The van der Waals surface area contributed by atoms with Gasteiger partial charge in [-0.25, -0.2) is 9.97 Å². The number of ether oxygens (including phenoxy) is 1. The maximum atomic E-state index is 12.0. The summed E-state index contributed by atoms with van der Waals surface area (Å²) in [5.41, 5.74) is 0. The molecule has 7 nitrogen and oxygen atoms in total. The van der Waals surface area contributed by atoms with E-state index in [0.717, 1.165) is 69.9 Å². The molecule has 2 N–H and O–H groups in total. The first kappa shape index (κ1) is 19.4. The van der Waals surface area contributed by atoms with Crippen molar-refractivity contribution in [1.29, 1.82) is 0 Å². The number of anilines is 2. The summed E-state index contributed by atoms with van der Waals surface area (Å²) < 4.78 is 5.98. The molecule has 1 aliphatic carbocycles. The van der Waals surface area contributed by atoms with Crippen molar-refractivity contribution in [2.75, 3.05) is 29.9 Å². The maximum Gasteiger partial charge on any atom is 0.223 e. The van der Waals surface area contributed by atoms with E-state index < -0.39 is 0 Å². The summed E-state index contributed by atoms with van der Waals surface area (Å²) in [6, 6.07) is 2.64. The van der Waals surface area contributed by atoms with Gasteiger partial charge in [-0.05, 0) is 44.4 Å². The molecule has 0 unspecified atom stereocenters. The number of hydrogen-bond acceptors (Lipinski definition) is 6. The predicted molar refractivity (Wildman–Crippen MR) is 109 cm³/mol. The molecule has 7 heteroatoms. The van der Waals surface area contributed by atoms with Gasteiger partial charge < -0.3 is 20.3 Å². The van der Waals surface area contributed by atoms with Crippen molar-refractivity contribution >= 4 is 17.5 Å². The molecule has 0 aromatic carbocycles. The highest BCUT2D eigenvalue weighted by Crippen LogP contribution is 2.30. The van der Waals surface area contributed by atoms with Crippen LogP contribution in [0.25, 0.3) is 0 Å². The number of amides is 1. The van der Waals surface area contributed by atoms with E-state index in [9.17, 15) is 4.79 Å². The van der Waals surface area contributed by atoms with Crippen LogP contribution in [0.3, 0.4) is 0 Å². The van der Waals surface area contributed by atoms with Crippen LogP contribution in [0.5, 0.6) is 0 Å². The molecule has 0 spiro atoms. The summed E-state index contributed by atoms with van der Waals surface area (Å²) in [5, 5.41) is 6.80. The van der Waals surface area contributed by atoms with E-state index in [1.54, 1.807) is 6.33 Å². The third kappa shape index (κ3) is 4.74. The topological polar surface area (TPSA) is 79.4 Å². The van der Waals surface area contributed by atoms with E-state index in [1.165, 1.54) is 0 Å². The molecule has 0 bridgehead atoms. The van der Waals surface area contributed by atoms with Crippen molar-refractivity contribution in [3.63, 3.8) is 0 Å². The first-order valence-electron chi connectivity index (χ1n) is 10.9. The smallest absolute Gasteiger partial charge is 0.223 e. The molecular weight excluding hydrogens is 354 g/mol. The minimum Gasteiger partial charge on any atom is -0.376 e. The zero-order valence-corrected chi connectivity index (χ0v) is 17.1. The minimum absolute atomic E-state index is 0.220. The van der Waals surface area contributed by atoms with Gasteiger partial charge in [-0.3, -0.25) is 4.79 Å². The summed E-state index contributed by atoms with van der Waals surface area (Å²) in [6.07, 6.45) is 8.11. The molecule has 3 fully saturated rings. The van der Waals surface area contributed by atoms with Gasteiger partial charge in [-0.2, -0.15) is 0 Å². The van der Waals surface area contributed by atoms with Gasteiger partial charge in [0.05, 0.1) is 12.1 Å². The van der Waals surface area contributed by atoms with Crippen molar-refractivity contribution in [1.82, 2.24) is 15.3 Å². The lowest BCUT2D eigenvalue weighted by molar-refractivity contribution is -0.123. The van der Waals surface area contributed by atoms with Gasteiger partial charge in [-0.15, -0.1) is 0 Å². The molecule has 0 radical (unpaired) electrons. The van der Waals surface area contributed by atoms with Crippen LogP contribution in [0.1, 0.15) is 52.4 Å². The number of aromatic nitrogens is 2. The van der Waals surface area contributed by atoms with Crippen molar-refractivity contribution in [2.45, 2.75) is 70.6 Å². The van der Waals surface area contributed by atoms with Gasteiger partial charge >= 0.3 is 0 Å². The van der Waals surface area contributed by atoms with Crippen LogP contribution in [0.15, 0.2) is 12.4 Å². The van der Waals surface area contributed by atoms with Crippen LogP contribution in [-0.2, 0) is 9.53 Å². The second kappa shape index (κ2) is 8.64. The molecule has 2 saturated heterocycles. The predicted octanol–water partition coefficient (Wildman–Crippen LogP) is 2.59. The van der Waals surface area contributed by atoms with Gasteiger partial charge in [0.15, 0.2) is 0 Å². The lowest BCUT2D eigenvalue weighted by Gasteiger charge is -2.35. The second-order valence-corrected chi connectivity index (χ2v) is 8.78. The molecule has 4 rings (SSSR count). The highest BCUT2D eigenvalue weighted by Gasteiger charge is 2.32. The molecule has 1 aromatic heterocycles. The Morgan fingerprint density at radius 1 is 1.18 bits per heavy atom. The van der Waals surface area contributed by atoms with E-state index >= 15 is 0 Å². The second-order valence-electron chi connectivity index (χ2n) is 8.78. The minimum atomic E-state index is 0.220. The number of carbonyl (C=O) groups is 1. The van der Waals surface area contributed by atoms with Gasteiger partial charge in [0.2, 0.25) is 5.91 Å². The molecule has 28 heavy (non-hydrogen) atoms. The maximum absolute atomic E-state index is 12.0. The Morgan fingerprint density at radius 3 is 2.68 bits per heavy atom. The fourth-order valence-corrected chi connectivity index (χ4v) is 4.32. The van der Waals surface area contributed by atoms with E-state index in [1.807, 2.05) is 0 Å². The van der Waals surface area contributed by atoms with Gasteiger partial charge in [0.25, 0.3) is 0 Å². The molecule has 154 valence electrons. The Kier molecular flexibility index (Phi) is 5.99. The summed E-state index contributed by atoms with van der Waals surface area (Å²) in [6.45, 7) is 7.09. The summed E-state index contributed by atoms with van der Waals surface area (Å²) in [5.74, 6) is 2.84. The van der Waals surface area contributed by atoms with Gasteiger partial charge in [0.1, 0.15) is 18.0 Å². The number of nitrogens with zero attached hydrogens (tertiary/aromatic N) is 3. The Balaban J connectivity index is 1.33. The number of piperidine rings is 1. The van der Waals surface area contributed by atoms with Crippen LogP contribution < -0.4 is 15.5 Å². The standard InChI is InChI=1S/C21H33N5O2/c1-14(2)20-17(4-3-11-28-20)25-18-12-19(23-13-22-18)26-9-7-16(8-10-26)24-21(27)15-5-6-15/h12-17,20H,3-11H2,1-2H3,(H,24,27)(H,22,23,25)/t17-,20+/m0/s1. The van der Waals surface area contributed by atoms with Crippen molar-refractivity contribution < 1.29 is 9.53 Å². The molecule has 2 aliphatic heterocycles. The van der Waals surface area contributed by atoms with Gasteiger partial charge in [0, 0.05) is 37.7 Å². The zero-order valence-electron chi connectivity index (χ0n) is 17.1. The van der Waals surface area contributed by atoms with E-state index in [2.05, 4.69) is 45.4 Å². The average Bonchev–Trinajstić information content (AvgIpc) is 3.54. The highest BCUT2D eigenvalue weighted by molar-refractivity contribution is 5.81. The fourth-order valence-electron chi connectivity index (χ4n) is 4.32. The first-order chi connectivity index (χ1) is 13.6. The normalized spacial score (nSPS) is 26.3. The average molecular weight is 388 g/mol. The fraction of sp³-hybridized carbons (Fsp3) is 0.762. The summed E-state index contributed by atoms with van der Waals surface area (Å²) >= 11 is 0. The Labute approximate surface area is 167 Å². The quantitative estimate of drug-likeness (QED) is 0.781. The number of rotatable bonds is 6. The molecule has 3 heterocycles. The lowest BCUT2D eigenvalue weighted by atomic mass is 9.93.